The average Bonchev–Trinajstić information content (AvgIpc) is 3.37. The molecule has 170 valence electrons. The highest BCUT2D eigenvalue weighted by molar-refractivity contribution is 6.08. The molecule has 0 aliphatic carbocycles. The molecule has 1 aromatic heterocycles. The van der Waals surface area contributed by atoms with Crippen LogP contribution in [0.5, 0.6) is 5.75 Å². The second-order valence-corrected chi connectivity index (χ2v) is 7.87. The number of rotatable bonds is 5. The van der Waals surface area contributed by atoms with E-state index in [9.17, 15) is 14.9 Å². The third-order valence-corrected chi connectivity index (χ3v) is 6.06. The van der Waals surface area contributed by atoms with Gasteiger partial charge >= 0.3 is 0 Å². The van der Waals surface area contributed by atoms with Crippen molar-refractivity contribution in [2.45, 2.75) is 18.5 Å². The Morgan fingerprint density at radius 1 is 1.00 bits per heavy atom. The van der Waals surface area contributed by atoms with Gasteiger partial charge in [0.2, 0.25) is 5.95 Å². The number of hydrogen-bond donors (Lipinski definition) is 0. The molecule has 1 aliphatic rings. The van der Waals surface area contributed by atoms with Gasteiger partial charge in [-0.1, -0.05) is 60.7 Å². The SMILES string of the molecule is COc1ccccc1[C@@H]1C[C@H](c2ccccc2)N(C(=O)c2ccccc2[N+](=O)[O-])c2ncnn21. The van der Waals surface area contributed by atoms with E-state index in [1.165, 1.54) is 23.4 Å². The summed E-state index contributed by atoms with van der Waals surface area (Å²) in [5.41, 5.74) is 1.55. The van der Waals surface area contributed by atoms with Gasteiger partial charge in [-0.3, -0.25) is 19.8 Å². The first-order chi connectivity index (χ1) is 16.6. The predicted octanol–water partition coefficient (Wildman–Crippen LogP) is 4.58. The molecule has 0 radical (unpaired) electrons. The molecule has 0 fully saturated rings. The molecule has 2 heterocycles. The number of nitrogens with zero attached hydrogens (tertiary/aromatic N) is 5. The van der Waals surface area contributed by atoms with Crippen LogP contribution in [0.1, 0.15) is 40.0 Å². The monoisotopic (exact) mass is 455 g/mol. The number of fused-ring (bicyclic) bond motifs is 1. The van der Waals surface area contributed by atoms with Crippen LogP contribution in [0.25, 0.3) is 0 Å². The van der Waals surface area contributed by atoms with E-state index in [-0.39, 0.29) is 17.3 Å². The molecular formula is C25H21N5O4. The first-order valence-corrected chi connectivity index (χ1v) is 10.7. The zero-order valence-corrected chi connectivity index (χ0v) is 18.3. The van der Waals surface area contributed by atoms with Gasteiger partial charge in [-0.25, -0.2) is 4.68 Å². The molecule has 9 heteroatoms. The number of benzene rings is 3. The Morgan fingerprint density at radius 2 is 1.71 bits per heavy atom. The van der Waals surface area contributed by atoms with E-state index in [1.54, 1.807) is 23.9 Å². The van der Waals surface area contributed by atoms with Gasteiger partial charge < -0.3 is 4.74 Å². The number of para-hydroxylation sites is 2. The zero-order valence-electron chi connectivity index (χ0n) is 18.3. The van der Waals surface area contributed by atoms with E-state index in [0.717, 1.165) is 11.1 Å². The van der Waals surface area contributed by atoms with Gasteiger partial charge in [0.1, 0.15) is 17.6 Å². The van der Waals surface area contributed by atoms with Crippen LogP contribution >= 0.6 is 0 Å². The van der Waals surface area contributed by atoms with Crippen LogP contribution in [0.15, 0.2) is 85.2 Å². The minimum Gasteiger partial charge on any atom is -0.496 e. The molecule has 5 rings (SSSR count). The van der Waals surface area contributed by atoms with Crippen molar-refractivity contribution in [3.05, 3.63) is 112 Å². The van der Waals surface area contributed by atoms with Crippen molar-refractivity contribution >= 4 is 17.5 Å². The Kier molecular flexibility index (Phi) is 5.51. The molecule has 0 unspecified atom stereocenters. The molecule has 0 saturated carbocycles. The van der Waals surface area contributed by atoms with Crippen LogP contribution in [-0.4, -0.2) is 32.7 Å². The summed E-state index contributed by atoms with van der Waals surface area (Å²) >= 11 is 0. The Morgan fingerprint density at radius 3 is 2.47 bits per heavy atom. The molecule has 0 bridgehead atoms. The first-order valence-electron chi connectivity index (χ1n) is 10.7. The summed E-state index contributed by atoms with van der Waals surface area (Å²) in [4.78, 5) is 30.9. The molecule has 0 spiro atoms. The summed E-state index contributed by atoms with van der Waals surface area (Å²) in [5.74, 6) is 0.521. The lowest BCUT2D eigenvalue weighted by molar-refractivity contribution is -0.385. The van der Waals surface area contributed by atoms with Crippen LogP contribution < -0.4 is 9.64 Å². The summed E-state index contributed by atoms with van der Waals surface area (Å²) in [5, 5.41) is 16.1. The third kappa shape index (κ3) is 3.57. The van der Waals surface area contributed by atoms with Crippen molar-refractivity contribution in [1.82, 2.24) is 14.8 Å². The number of amides is 1. The van der Waals surface area contributed by atoms with Gasteiger partial charge in [-0.15, -0.1) is 0 Å². The smallest absolute Gasteiger partial charge is 0.282 e. The molecule has 0 saturated heterocycles. The minimum absolute atomic E-state index is 0.00118. The molecule has 0 N–H and O–H groups in total. The number of hydrogen-bond acceptors (Lipinski definition) is 6. The minimum atomic E-state index is -0.545. The lowest BCUT2D eigenvalue weighted by Crippen LogP contribution is -2.43. The van der Waals surface area contributed by atoms with Crippen molar-refractivity contribution < 1.29 is 14.5 Å². The molecule has 4 aromatic rings. The maximum Gasteiger partial charge on any atom is 0.282 e. The van der Waals surface area contributed by atoms with Crippen LogP contribution in [-0.2, 0) is 0 Å². The molecular weight excluding hydrogens is 434 g/mol. The quantitative estimate of drug-likeness (QED) is 0.322. The Balaban J connectivity index is 1.69. The molecule has 2 atom stereocenters. The maximum absolute atomic E-state index is 13.9. The zero-order chi connectivity index (χ0) is 23.7. The molecule has 3 aromatic carbocycles. The maximum atomic E-state index is 13.9. The van der Waals surface area contributed by atoms with E-state index in [1.807, 2.05) is 54.6 Å². The molecule has 1 amide bonds. The Hall–Kier alpha value is -4.53. The lowest BCUT2D eigenvalue weighted by atomic mass is 9.91. The average molecular weight is 455 g/mol. The molecule has 9 nitrogen and oxygen atoms in total. The fraction of sp³-hybridized carbons (Fsp3) is 0.160. The summed E-state index contributed by atoms with van der Waals surface area (Å²) in [7, 11) is 1.61. The Labute approximate surface area is 195 Å². The topological polar surface area (TPSA) is 103 Å². The van der Waals surface area contributed by atoms with Crippen LogP contribution in [0.3, 0.4) is 0 Å². The summed E-state index contributed by atoms with van der Waals surface area (Å²) < 4.78 is 7.28. The van der Waals surface area contributed by atoms with E-state index in [0.29, 0.717) is 18.1 Å². The fourth-order valence-corrected chi connectivity index (χ4v) is 4.53. The van der Waals surface area contributed by atoms with Gasteiger partial charge in [0.05, 0.1) is 24.1 Å². The highest BCUT2D eigenvalue weighted by atomic mass is 16.6. The van der Waals surface area contributed by atoms with Gasteiger partial charge in [0.25, 0.3) is 11.6 Å². The normalized spacial score (nSPS) is 17.1. The van der Waals surface area contributed by atoms with E-state index < -0.39 is 16.9 Å². The van der Waals surface area contributed by atoms with Crippen LogP contribution in [0, 0.1) is 10.1 Å². The lowest BCUT2D eigenvalue weighted by Gasteiger charge is -2.39. The van der Waals surface area contributed by atoms with Gasteiger partial charge in [-0.05, 0) is 24.1 Å². The number of methoxy groups -OCH3 is 1. The van der Waals surface area contributed by atoms with Crippen molar-refractivity contribution in [2.24, 2.45) is 0 Å². The number of ether oxygens (including phenoxy) is 1. The Bertz CT molecular complexity index is 1350. The molecule has 1 aliphatic heterocycles. The van der Waals surface area contributed by atoms with Crippen molar-refractivity contribution in [2.75, 3.05) is 12.0 Å². The highest BCUT2D eigenvalue weighted by Crippen LogP contribution is 2.44. The highest BCUT2D eigenvalue weighted by Gasteiger charge is 2.41. The van der Waals surface area contributed by atoms with Crippen molar-refractivity contribution in [3.63, 3.8) is 0 Å². The van der Waals surface area contributed by atoms with E-state index >= 15 is 0 Å². The standard InChI is InChI=1S/C25H21N5O4/c1-34-23-14-8-6-11-18(23)22-15-21(17-9-3-2-4-10-17)28(25-26-16-27-29(22)25)24(31)19-12-5-7-13-20(19)30(32)33/h2-14,16,21-22H,15H2,1H3/t21-,22+/m1/s1. The third-order valence-electron chi connectivity index (χ3n) is 6.06. The number of aromatic nitrogens is 3. The van der Waals surface area contributed by atoms with Crippen LogP contribution in [0.4, 0.5) is 11.6 Å². The largest absolute Gasteiger partial charge is 0.496 e. The number of nitro groups is 1. The van der Waals surface area contributed by atoms with Gasteiger partial charge in [-0.2, -0.15) is 10.1 Å². The summed E-state index contributed by atoms with van der Waals surface area (Å²) in [6.45, 7) is 0. The van der Waals surface area contributed by atoms with Gasteiger partial charge in [0.15, 0.2) is 0 Å². The number of anilines is 1. The van der Waals surface area contributed by atoms with E-state index in [2.05, 4.69) is 10.1 Å². The summed E-state index contributed by atoms with van der Waals surface area (Å²) in [6.07, 6.45) is 1.87. The van der Waals surface area contributed by atoms with Gasteiger partial charge in [0, 0.05) is 11.6 Å². The molecule has 34 heavy (non-hydrogen) atoms. The van der Waals surface area contributed by atoms with Crippen molar-refractivity contribution in [3.8, 4) is 5.75 Å². The van der Waals surface area contributed by atoms with Crippen LogP contribution in [0.2, 0.25) is 0 Å². The number of carbonyl (C=O) groups is 1. The number of carbonyl (C=O) groups excluding carboxylic acids is 1. The second kappa shape index (κ2) is 8.78. The number of nitro benzene ring substituents is 1. The van der Waals surface area contributed by atoms with E-state index in [4.69, 9.17) is 4.74 Å². The predicted molar refractivity (Wildman–Crippen MR) is 125 cm³/mol. The van der Waals surface area contributed by atoms with Crippen molar-refractivity contribution in [1.29, 1.82) is 0 Å². The summed E-state index contributed by atoms with van der Waals surface area (Å²) in [6, 6.07) is 22.5. The first kappa shape index (κ1) is 21.3. The fourth-order valence-electron chi connectivity index (χ4n) is 4.53. The second-order valence-electron chi connectivity index (χ2n) is 7.87.